The van der Waals surface area contributed by atoms with E-state index in [1.54, 1.807) is 48.5 Å². The minimum absolute atomic E-state index is 0.141. The second-order valence-corrected chi connectivity index (χ2v) is 23.9. The van der Waals surface area contributed by atoms with Gasteiger partial charge in [0.05, 0.1) is 33.2 Å². The monoisotopic (exact) mass is 1160 g/mol. The van der Waals surface area contributed by atoms with Crippen molar-refractivity contribution in [2.24, 2.45) is 11.8 Å². The topological polar surface area (TPSA) is 147 Å². The molecule has 86 heavy (non-hydrogen) atoms. The van der Waals surface area contributed by atoms with Crippen molar-refractivity contribution in [1.29, 1.82) is 0 Å². The Morgan fingerprint density at radius 1 is 0.407 bits per heavy atom. The summed E-state index contributed by atoms with van der Waals surface area (Å²) in [5.41, 5.74) is 10.00. The molecule has 0 aliphatic heterocycles. The molecule has 0 atom stereocenters. The highest BCUT2D eigenvalue weighted by Crippen LogP contribution is 2.41. The number of carbonyl (C=O) groups excluding carboxylic acids is 2. The van der Waals surface area contributed by atoms with Crippen molar-refractivity contribution in [3.8, 4) is 34.5 Å². The van der Waals surface area contributed by atoms with E-state index in [-0.39, 0.29) is 36.6 Å². The first-order chi connectivity index (χ1) is 42.2. The van der Waals surface area contributed by atoms with Crippen LogP contribution in [0.1, 0.15) is 198 Å². The molecule has 2 N–H and O–H groups in total. The fourth-order valence-electron chi connectivity index (χ4n) is 12.5. The van der Waals surface area contributed by atoms with Gasteiger partial charge in [0.25, 0.3) is 0 Å². The van der Waals surface area contributed by atoms with Gasteiger partial charge < -0.3 is 47.2 Å². The van der Waals surface area contributed by atoms with Crippen molar-refractivity contribution in [2.45, 2.75) is 168 Å². The van der Waals surface area contributed by atoms with E-state index in [2.05, 4.69) is 61.9 Å². The average molecular weight is 1160 g/mol. The number of fused-ring (bicyclic) bond motifs is 4. The molecule has 0 unspecified atom stereocenters. The zero-order valence-corrected chi connectivity index (χ0v) is 50.6. The van der Waals surface area contributed by atoms with Gasteiger partial charge in [-0.1, -0.05) is 128 Å². The lowest BCUT2D eigenvalue weighted by atomic mass is 9.77. The summed E-state index contributed by atoms with van der Waals surface area (Å²) in [7, 11) is 0. The highest BCUT2D eigenvalue weighted by Gasteiger charge is 2.25. The lowest BCUT2D eigenvalue weighted by molar-refractivity contribution is 0.0704. The van der Waals surface area contributed by atoms with E-state index in [0.717, 1.165) is 61.5 Å². The SMILES string of the molecule is CCCCc1ccc(C(=O)Oc2cc3oc4cc5[nH]c6cc(OCOc7ccc(C8CCC(CCCC)CC8)cc7)c(OC(=O)c7ccc(CCCC)cc7)cc6oc5cc4[nH]c3cc2OCOc2ccc(C3CCC(CCCC)CC3)cc2)cc1. The van der Waals surface area contributed by atoms with Gasteiger partial charge in [0.2, 0.25) is 13.6 Å². The molecule has 0 radical (unpaired) electrons. The third kappa shape index (κ3) is 15.1. The maximum Gasteiger partial charge on any atom is 0.343 e. The summed E-state index contributed by atoms with van der Waals surface area (Å²) >= 11 is 0. The minimum atomic E-state index is -0.533. The Morgan fingerprint density at radius 2 is 0.767 bits per heavy atom. The van der Waals surface area contributed by atoms with Crippen molar-refractivity contribution in [3.63, 3.8) is 0 Å². The van der Waals surface area contributed by atoms with Crippen LogP contribution in [0.15, 0.2) is 142 Å². The van der Waals surface area contributed by atoms with Crippen molar-refractivity contribution in [1.82, 2.24) is 9.97 Å². The van der Waals surface area contributed by atoms with Crippen molar-refractivity contribution >= 4 is 56.3 Å². The second kappa shape index (κ2) is 28.8. The predicted molar refractivity (Wildman–Crippen MR) is 341 cm³/mol. The molecule has 9 aromatic rings. The Bertz CT molecular complexity index is 3470. The van der Waals surface area contributed by atoms with E-state index in [0.29, 0.717) is 78.9 Å². The number of benzene rings is 7. The largest absolute Gasteiger partial charge is 0.457 e. The first kappa shape index (κ1) is 59.6. The Hall–Kier alpha value is -8.12. The fourth-order valence-corrected chi connectivity index (χ4v) is 12.5. The lowest BCUT2D eigenvalue weighted by Gasteiger charge is -2.28. The molecule has 0 amide bonds. The number of aromatic amines is 2. The number of hydrogen-bond donors (Lipinski definition) is 2. The van der Waals surface area contributed by atoms with Gasteiger partial charge in [0.15, 0.2) is 45.3 Å². The van der Waals surface area contributed by atoms with Crippen LogP contribution >= 0.6 is 0 Å². The molecule has 12 heteroatoms. The number of aromatic nitrogens is 2. The number of esters is 2. The number of carbonyl (C=O) groups is 2. The van der Waals surface area contributed by atoms with E-state index in [4.69, 9.17) is 37.3 Å². The molecular weight excluding hydrogens is 1080 g/mol. The number of H-pyrrole nitrogens is 2. The molecule has 7 aromatic carbocycles. The lowest BCUT2D eigenvalue weighted by Crippen LogP contribution is -2.13. The van der Waals surface area contributed by atoms with E-state index in [9.17, 15) is 9.59 Å². The molecule has 450 valence electrons. The first-order valence-corrected chi connectivity index (χ1v) is 32.0. The summed E-state index contributed by atoms with van der Waals surface area (Å²) in [6, 6.07) is 42.2. The van der Waals surface area contributed by atoms with Crippen molar-refractivity contribution < 1.29 is 46.8 Å². The van der Waals surface area contributed by atoms with Crippen LogP contribution in [0.5, 0.6) is 34.5 Å². The van der Waals surface area contributed by atoms with Crippen LogP contribution in [0.4, 0.5) is 0 Å². The van der Waals surface area contributed by atoms with E-state index < -0.39 is 11.9 Å². The molecule has 2 heterocycles. The summed E-state index contributed by atoms with van der Waals surface area (Å²) < 4.78 is 50.4. The zero-order chi connectivity index (χ0) is 59.2. The van der Waals surface area contributed by atoms with Gasteiger partial charge >= 0.3 is 11.9 Å². The van der Waals surface area contributed by atoms with E-state index in [1.165, 1.54) is 101 Å². The second-order valence-electron chi connectivity index (χ2n) is 23.9. The number of aryl methyl sites for hydroxylation is 2. The van der Waals surface area contributed by atoms with Crippen LogP contribution in [0.2, 0.25) is 0 Å². The predicted octanol–water partition coefficient (Wildman–Crippen LogP) is 20.1. The highest BCUT2D eigenvalue weighted by atomic mass is 16.7. The molecule has 2 saturated carbocycles. The van der Waals surface area contributed by atoms with Crippen LogP contribution in [-0.2, 0) is 12.8 Å². The standard InChI is InChI=1S/C74H84N2O10/c1-5-9-13-49-17-25-53(26-18-49)55-33-37-59(38-34-55)79-47-81-69-43-63-67(45-71(69)85-73(77)57-29-21-51(22-30-57)15-11-7-3)83-65-42-62-66(41-61(65)75-63)84-68-46-72(86-74(78)58-31-23-52(24-32-58)16-12-8-4)70(44-64(68)76-62)82-48-80-60-39-35-56(36-40-60)54-27-19-50(20-28-54)14-10-6-2/h21-24,29-46,49-50,53-54,75-76H,5-20,25-28,47-48H2,1-4H3. The van der Waals surface area contributed by atoms with Gasteiger partial charge in [0, 0.05) is 36.4 Å². The summed E-state index contributed by atoms with van der Waals surface area (Å²) in [5, 5.41) is 0. The molecule has 11 rings (SSSR count). The quantitative estimate of drug-likeness (QED) is 0.0232. The fraction of sp³-hybridized carbons (Fsp3) is 0.405. The number of nitrogens with one attached hydrogen (secondary N) is 2. The average Bonchev–Trinajstić information content (AvgIpc) is 1.49. The molecule has 0 spiro atoms. The molecule has 2 aliphatic rings. The van der Waals surface area contributed by atoms with Gasteiger partial charge in [-0.2, -0.15) is 0 Å². The number of unbranched alkanes of at least 4 members (excludes halogenated alkanes) is 4. The number of rotatable bonds is 26. The van der Waals surface area contributed by atoms with Crippen LogP contribution in [0, 0.1) is 11.8 Å². The molecule has 0 bridgehead atoms. The van der Waals surface area contributed by atoms with Gasteiger partial charge in [-0.15, -0.1) is 0 Å². The van der Waals surface area contributed by atoms with Crippen LogP contribution in [-0.4, -0.2) is 35.5 Å². The Labute approximate surface area is 505 Å². The summed E-state index contributed by atoms with van der Waals surface area (Å²) in [6.07, 6.45) is 24.1. The Balaban J connectivity index is 0.852. The highest BCUT2D eigenvalue weighted by molar-refractivity contribution is 5.97. The first-order valence-electron chi connectivity index (χ1n) is 32.0. The summed E-state index contributed by atoms with van der Waals surface area (Å²) in [6.45, 7) is 8.59. The molecule has 2 fully saturated rings. The Morgan fingerprint density at radius 3 is 1.14 bits per heavy atom. The third-order valence-corrected chi connectivity index (χ3v) is 17.8. The summed E-state index contributed by atoms with van der Waals surface area (Å²) in [4.78, 5) is 34.6. The summed E-state index contributed by atoms with van der Waals surface area (Å²) in [5.74, 6) is 4.02. The minimum Gasteiger partial charge on any atom is -0.457 e. The van der Waals surface area contributed by atoms with Gasteiger partial charge in [-0.05, 0) is 172 Å². The van der Waals surface area contributed by atoms with Gasteiger partial charge in [0.1, 0.15) is 11.5 Å². The molecule has 2 aromatic heterocycles. The Kier molecular flexibility index (Phi) is 20.0. The molecule has 2 aliphatic carbocycles. The molecular formula is C74H84N2O10. The molecule has 0 saturated heterocycles. The normalized spacial score (nSPS) is 17.0. The third-order valence-electron chi connectivity index (χ3n) is 17.8. The van der Waals surface area contributed by atoms with Crippen molar-refractivity contribution in [2.75, 3.05) is 13.6 Å². The van der Waals surface area contributed by atoms with Crippen LogP contribution < -0.4 is 28.4 Å². The van der Waals surface area contributed by atoms with Gasteiger partial charge in [-0.25, -0.2) is 9.59 Å². The smallest absolute Gasteiger partial charge is 0.343 e. The number of hydrogen-bond acceptors (Lipinski definition) is 10. The van der Waals surface area contributed by atoms with Crippen LogP contribution in [0.3, 0.4) is 0 Å². The number of ether oxygens (including phenoxy) is 6. The van der Waals surface area contributed by atoms with Gasteiger partial charge in [-0.3, -0.25) is 0 Å². The van der Waals surface area contributed by atoms with Crippen molar-refractivity contribution in [3.05, 3.63) is 167 Å². The maximum atomic E-state index is 13.8. The zero-order valence-electron chi connectivity index (χ0n) is 50.6. The van der Waals surface area contributed by atoms with Crippen LogP contribution in [0.25, 0.3) is 44.4 Å². The van der Waals surface area contributed by atoms with E-state index in [1.807, 2.05) is 60.7 Å². The maximum absolute atomic E-state index is 13.8. The molecule has 12 nitrogen and oxygen atoms in total. The van der Waals surface area contributed by atoms with E-state index >= 15 is 0 Å².